The summed E-state index contributed by atoms with van der Waals surface area (Å²) in [5, 5.41) is 48.4. The number of aldehydes is 1. The fourth-order valence-electron chi connectivity index (χ4n) is 7.19. The number of hydrogen-bond acceptors (Lipinski definition) is 15. The third-order valence-electron chi connectivity index (χ3n) is 10.3. The third kappa shape index (κ3) is 9.88. The Bertz CT molecular complexity index is 2670. The zero-order chi connectivity index (χ0) is 45.4. The zero-order valence-electron chi connectivity index (χ0n) is 35.2. The van der Waals surface area contributed by atoms with Crippen LogP contribution in [-0.2, 0) is 28.6 Å². The van der Waals surface area contributed by atoms with E-state index in [1.54, 1.807) is 38.5 Å². The highest BCUT2D eigenvalue weighted by atomic mass is 32.2. The van der Waals surface area contributed by atoms with Crippen LogP contribution in [0.2, 0.25) is 0 Å². The Morgan fingerprint density at radius 3 is 2.52 bits per heavy atom. The quantitative estimate of drug-likeness (QED) is 0.0285. The molecular weight excluding hydrogens is 835 g/mol. The number of fused-ring (bicyclic) bond motifs is 2. The van der Waals surface area contributed by atoms with Crippen molar-refractivity contribution in [3.8, 4) is 5.75 Å². The molecule has 0 bridgehead atoms. The monoisotopic (exact) mass is 884 g/mol. The molecule has 6 aromatic rings. The van der Waals surface area contributed by atoms with Gasteiger partial charge in [-0.25, -0.2) is 22.9 Å². The Balaban J connectivity index is 0.000000871. The van der Waals surface area contributed by atoms with Gasteiger partial charge in [0.05, 0.1) is 22.6 Å². The zero-order valence-corrected chi connectivity index (χ0v) is 36.0. The molecule has 0 radical (unpaired) electrons. The van der Waals surface area contributed by atoms with E-state index in [0.717, 1.165) is 18.6 Å². The first-order valence-electron chi connectivity index (χ1n) is 20.0. The number of rotatable bonds is 16. The van der Waals surface area contributed by atoms with Crippen molar-refractivity contribution in [1.82, 2.24) is 39.6 Å². The summed E-state index contributed by atoms with van der Waals surface area (Å²) in [7, 11) is 1.54. The minimum atomic E-state index is -2.41. The predicted octanol–water partition coefficient (Wildman–Crippen LogP) is 5.26. The number of allylic oxidation sites excluding steroid dienone is 1. The number of aromatic nitrogens is 6. The van der Waals surface area contributed by atoms with Crippen molar-refractivity contribution >= 4 is 62.9 Å². The lowest BCUT2D eigenvalue weighted by Gasteiger charge is -2.40. The Kier molecular flexibility index (Phi) is 14.6. The maximum atomic E-state index is 15.7. The molecule has 0 amide bonds. The molecule has 20 heteroatoms. The van der Waals surface area contributed by atoms with Crippen molar-refractivity contribution in [2.75, 3.05) is 37.3 Å². The molecule has 8 N–H and O–H groups in total. The molecule has 0 saturated carbocycles. The van der Waals surface area contributed by atoms with Crippen molar-refractivity contribution in [1.29, 1.82) is 5.41 Å². The van der Waals surface area contributed by atoms with Crippen LogP contribution in [-0.4, -0.2) is 94.0 Å². The average molecular weight is 885 g/mol. The van der Waals surface area contributed by atoms with Crippen molar-refractivity contribution in [2.24, 2.45) is 12.8 Å². The van der Waals surface area contributed by atoms with Crippen molar-refractivity contribution in [3.05, 3.63) is 108 Å². The van der Waals surface area contributed by atoms with E-state index in [-0.39, 0.29) is 69.3 Å². The van der Waals surface area contributed by atoms with E-state index < -0.39 is 22.5 Å². The highest BCUT2D eigenvalue weighted by Crippen LogP contribution is 2.38. The van der Waals surface area contributed by atoms with E-state index in [9.17, 15) is 19.2 Å². The molecule has 1 atom stereocenters. The number of nitrogens with one attached hydrogen (secondary N) is 4. The summed E-state index contributed by atoms with van der Waals surface area (Å²) in [6.45, 7) is 8.26. The second-order valence-corrected chi connectivity index (χ2v) is 16.2. The number of nitrogens with two attached hydrogens (primary N) is 1. The van der Waals surface area contributed by atoms with Gasteiger partial charge in [0, 0.05) is 78.9 Å². The summed E-state index contributed by atoms with van der Waals surface area (Å²) < 4.78 is 53.8. The maximum Gasteiger partial charge on any atom is 0.253 e. The third-order valence-corrected chi connectivity index (χ3v) is 11.6. The van der Waals surface area contributed by atoms with Crippen LogP contribution in [0.3, 0.4) is 0 Å². The number of carbonyl (C=O) groups is 1. The van der Waals surface area contributed by atoms with Gasteiger partial charge < -0.3 is 46.8 Å². The first kappa shape index (κ1) is 45.9. The highest BCUT2D eigenvalue weighted by Gasteiger charge is 2.38. The number of aryl methyl sites for hydroxylation is 1. The lowest BCUT2D eigenvalue weighted by atomic mass is 9.88. The Hall–Kier alpha value is -6.61. The van der Waals surface area contributed by atoms with Crippen LogP contribution in [0.4, 0.5) is 26.2 Å². The molecule has 3 aromatic carbocycles. The molecule has 17 nitrogen and oxygen atoms in total. The molecule has 1 fully saturated rings. The maximum absolute atomic E-state index is 15.7. The largest absolute Gasteiger partial charge is 0.485 e. The van der Waals surface area contributed by atoms with Crippen LogP contribution in [0, 0.1) is 17.0 Å². The lowest BCUT2D eigenvalue weighted by molar-refractivity contribution is -0.279. The van der Waals surface area contributed by atoms with Gasteiger partial charge in [-0.15, -0.1) is 5.10 Å². The fourth-order valence-corrected chi connectivity index (χ4v) is 8.30. The summed E-state index contributed by atoms with van der Waals surface area (Å²) in [4.78, 5) is 20.3. The molecule has 0 spiro atoms. The molecule has 3 aromatic heterocycles. The van der Waals surface area contributed by atoms with Gasteiger partial charge in [0.25, 0.3) is 5.91 Å². The first-order chi connectivity index (χ1) is 30.2. The number of piperidine rings is 1. The van der Waals surface area contributed by atoms with Crippen LogP contribution < -0.4 is 26.4 Å². The summed E-state index contributed by atoms with van der Waals surface area (Å²) in [6, 6.07) is 13.7. The number of halogens is 2. The van der Waals surface area contributed by atoms with E-state index >= 15 is 8.78 Å². The summed E-state index contributed by atoms with van der Waals surface area (Å²) in [5.41, 5.74) is 7.62. The highest BCUT2D eigenvalue weighted by molar-refractivity contribution is 7.85. The predicted molar refractivity (Wildman–Crippen MR) is 237 cm³/mol. The summed E-state index contributed by atoms with van der Waals surface area (Å²) in [6.07, 6.45) is 7.33. The van der Waals surface area contributed by atoms with Crippen LogP contribution in [0.1, 0.15) is 55.8 Å². The molecule has 0 aliphatic carbocycles. The van der Waals surface area contributed by atoms with Gasteiger partial charge in [0.2, 0.25) is 11.6 Å². The first-order valence-corrected chi connectivity index (χ1v) is 21.1. The number of ether oxygens (including phenoxy) is 1. The normalized spacial score (nSPS) is 14.3. The number of benzene rings is 3. The van der Waals surface area contributed by atoms with Crippen LogP contribution in [0.25, 0.3) is 22.1 Å². The lowest BCUT2D eigenvalue weighted by Crippen LogP contribution is -2.49. The van der Waals surface area contributed by atoms with Gasteiger partial charge in [0.15, 0.2) is 17.4 Å². The van der Waals surface area contributed by atoms with E-state index in [0.29, 0.717) is 59.4 Å². The number of hydrogen-bond donors (Lipinski definition) is 7. The standard InChI is InChI=1S/C38H41F2N11O4S.C5H9NO/c1-21(2)55-34-32(23(18-41)19-42)44-20-51-36(34)46-37(48-51)45-30-11-8-26(17-29(30)39)56(54)25-7-5-6-24(16-25)38(52,53)50-14-12-22(13-15-50)27-9-10-28-33(31(27)40)49(4)47-35(28)43-3;1-2-6-4-3-5-7/h5-11,16-22,41,52-53H,12-15,42H2,1-4H3,(H,43,47)(H,45,48);2,5-6H,1,3-4H2/b23-19+,41-18?;. The number of nitrogens with zero attached hydrogens (tertiary/aromatic N) is 7. The van der Waals surface area contributed by atoms with E-state index in [1.165, 1.54) is 50.9 Å². The van der Waals surface area contributed by atoms with Crippen molar-refractivity contribution in [3.63, 3.8) is 0 Å². The molecule has 1 aliphatic rings. The molecule has 4 heterocycles. The molecule has 1 aliphatic heterocycles. The number of anilines is 3. The van der Waals surface area contributed by atoms with Gasteiger partial charge in [-0.1, -0.05) is 24.8 Å². The van der Waals surface area contributed by atoms with Gasteiger partial charge in [-0.2, -0.15) is 14.6 Å². The van der Waals surface area contributed by atoms with Gasteiger partial charge in [0.1, 0.15) is 29.6 Å². The smallest absolute Gasteiger partial charge is 0.253 e. The van der Waals surface area contributed by atoms with Crippen LogP contribution >= 0.6 is 0 Å². The van der Waals surface area contributed by atoms with Gasteiger partial charge in [-0.3, -0.25) is 4.68 Å². The SMILES string of the molecule is C=CNCCC=O.CNc1nn(C)c2c(F)c(C3CCN(C(O)(O)c4cccc(S(=O)c5ccc(Nc6nc7c(OC(C)C)c(/C(C=N)=C/N)ncn7n6)c(F)c5)c4)CC3)ccc12. The van der Waals surface area contributed by atoms with Gasteiger partial charge >= 0.3 is 0 Å². The van der Waals surface area contributed by atoms with E-state index in [2.05, 4.69) is 42.7 Å². The van der Waals surface area contributed by atoms with E-state index in [1.807, 2.05) is 19.9 Å². The number of aliphatic hydroxyl groups is 2. The molecular formula is C43H50F2N12O5S. The molecule has 1 saturated heterocycles. The molecule has 63 heavy (non-hydrogen) atoms. The van der Waals surface area contributed by atoms with Crippen LogP contribution in [0.5, 0.6) is 5.75 Å². The Labute approximate surface area is 364 Å². The molecule has 332 valence electrons. The average Bonchev–Trinajstić information content (AvgIpc) is 3.85. The Morgan fingerprint density at radius 2 is 1.87 bits per heavy atom. The van der Waals surface area contributed by atoms with Crippen LogP contribution in [0.15, 0.2) is 89.7 Å². The topological polar surface area (TPSA) is 234 Å². The van der Waals surface area contributed by atoms with Crippen molar-refractivity contribution in [2.45, 2.75) is 60.8 Å². The van der Waals surface area contributed by atoms with Gasteiger partial charge in [-0.05, 0) is 80.8 Å². The molecule has 1 unspecified atom stereocenters. The molecule has 7 rings (SSSR count). The minimum Gasteiger partial charge on any atom is -0.485 e. The fraction of sp³-hybridized carbons (Fsp3) is 0.302. The Morgan fingerprint density at radius 1 is 1.13 bits per heavy atom. The second-order valence-electron chi connectivity index (χ2n) is 14.7. The number of carbonyl (C=O) groups excluding carboxylic acids is 1. The summed E-state index contributed by atoms with van der Waals surface area (Å²) >= 11 is 0. The minimum absolute atomic E-state index is 0.00734. The second kappa shape index (κ2) is 20.1. The number of likely N-dealkylation sites (tertiary alicyclic amines) is 1. The summed E-state index contributed by atoms with van der Waals surface area (Å²) in [5.74, 6) is -2.76. The van der Waals surface area contributed by atoms with E-state index in [4.69, 9.17) is 15.9 Å². The van der Waals surface area contributed by atoms with Crippen molar-refractivity contribution < 1.29 is 32.7 Å².